The van der Waals surface area contributed by atoms with Crippen LogP contribution in [0.1, 0.15) is 92.5 Å². The highest BCUT2D eigenvalue weighted by molar-refractivity contribution is 7.89. The first-order chi connectivity index (χ1) is 20.8. The maximum absolute atomic E-state index is 13.9. The summed E-state index contributed by atoms with van der Waals surface area (Å²) in [6.07, 6.45) is 1.68. The number of carbonyl (C=O) groups excluding carboxylic acids is 3. The van der Waals surface area contributed by atoms with Gasteiger partial charge in [-0.3, -0.25) is 9.59 Å². The molecule has 1 aliphatic heterocycles. The van der Waals surface area contributed by atoms with E-state index < -0.39 is 22.0 Å². The van der Waals surface area contributed by atoms with Crippen molar-refractivity contribution in [1.29, 1.82) is 0 Å². The smallest absolute Gasteiger partial charge is 0.410 e. The van der Waals surface area contributed by atoms with E-state index >= 15 is 0 Å². The molecule has 3 rings (SSSR count). The number of sulfonamides is 1. The van der Waals surface area contributed by atoms with Gasteiger partial charge in [0.2, 0.25) is 10.0 Å². The lowest BCUT2D eigenvalue weighted by atomic mass is 10.0. The van der Waals surface area contributed by atoms with Crippen LogP contribution in [0.5, 0.6) is 0 Å². The van der Waals surface area contributed by atoms with Crippen molar-refractivity contribution in [3.05, 3.63) is 45.8 Å². The molecule has 0 atom stereocenters. The van der Waals surface area contributed by atoms with E-state index in [0.29, 0.717) is 56.3 Å². The van der Waals surface area contributed by atoms with E-state index in [0.717, 1.165) is 23.3 Å². The summed E-state index contributed by atoms with van der Waals surface area (Å²) in [7, 11) is -3.74. The highest BCUT2D eigenvalue weighted by Gasteiger charge is 2.33. The molecule has 0 saturated heterocycles. The van der Waals surface area contributed by atoms with E-state index in [9.17, 15) is 22.8 Å². The Morgan fingerprint density at radius 2 is 1.57 bits per heavy atom. The third-order valence-corrected chi connectivity index (χ3v) is 10.2. The van der Waals surface area contributed by atoms with Crippen molar-refractivity contribution in [1.82, 2.24) is 14.1 Å². The molecule has 0 bridgehead atoms. The largest absolute Gasteiger partial charge is 0.450 e. The highest BCUT2D eigenvalue weighted by atomic mass is 32.2. The van der Waals surface area contributed by atoms with Crippen LogP contribution in [0, 0.1) is 11.8 Å². The number of ether oxygens (including phenoxy) is 1. The van der Waals surface area contributed by atoms with Crippen molar-refractivity contribution >= 4 is 44.3 Å². The second kappa shape index (κ2) is 15.9. The molecule has 1 aliphatic rings. The molecule has 0 aliphatic carbocycles. The zero-order chi connectivity index (χ0) is 32.6. The molecule has 0 saturated carbocycles. The van der Waals surface area contributed by atoms with Crippen LogP contribution in [0.15, 0.2) is 29.2 Å². The van der Waals surface area contributed by atoms with Gasteiger partial charge in [-0.05, 0) is 67.9 Å². The zero-order valence-electron chi connectivity index (χ0n) is 27.1. The van der Waals surface area contributed by atoms with E-state index in [1.54, 1.807) is 11.8 Å². The SMILES string of the molecule is CCCN(CCC)C(=O)c1c(NC(=O)c2ccc(S(=O)(=O)N(CC(C)C)CC(C)C)cc2)sc2c1CCN(C(=O)OCC)C2. The molecule has 0 unspecified atom stereocenters. The third-order valence-electron chi connectivity index (χ3n) is 7.19. The zero-order valence-corrected chi connectivity index (χ0v) is 28.8. The molecule has 12 heteroatoms. The van der Waals surface area contributed by atoms with Gasteiger partial charge < -0.3 is 19.9 Å². The van der Waals surface area contributed by atoms with Gasteiger partial charge in [-0.15, -0.1) is 11.3 Å². The highest BCUT2D eigenvalue weighted by Crippen LogP contribution is 2.38. The van der Waals surface area contributed by atoms with E-state index in [1.807, 2.05) is 46.4 Å². The van der Waals surface area contributed by atoms with Crippen molar-refractivity contribution in [3.8, 4) is 0 Å². The van der Waals surface area contributed by atoms with Gasteiger partial charge in [0, 0.05) is 43.2 Å². The topological polar surface area (TPSA) is 116 Å². The Hall–Kier alpha value is -2.96. The van der Waals surface area contributed by atoms with Crippen LogP contribution in [0.2, 0.25) is 0 Å². The second-order valence-corrected chi connectivity index (χ2v) is 15.0. The number of benzene rings is 1. The summed E-state index contributed by atoms with van der Waals surface area (Å²) in [6, 6.07) is 5.93. The summed E-state index contributed by atoms with van der Waals surface area (Å²) in [4.78, 5) is 44.2. The molecule has 0 spiro atoms. The summed E-state index contributed by atoms with van der Waals surface area (Å²) in [6.45, 7) is 16.7. The standard InChI is InChI=1S/C32H48N4O6S2/c1-8-16-34(17-9-2)31(38)28-26-15-18-35(32(39)42-10-3)21-27(26)43-30(28)33-29(37)24-11-13-25(14-12-24)44(40,41)36(19-22(4)5)20-23(6)7/h11-14,22-23H,8-10,15-21H2,1-7H3,(H,33,37). The van der Waals surface area contributed by atoms with Gasteiger partial charge in [0.25, 0.3) is 11.8 Å². The number of anilines is 1. The lowest BCUT2D eigenvalue weighted by Crippen LogP contribution is -2.37. The van der Waals surface area contributed by atoms with Crippen LogP contribution in [0.25, 0.3) is 0 Å². The predicted octanol–water partition coefficient (Wildman–Crippen LogP) is 6.08. The number of thiophene rings is 1. The number of nitrogens with one attached hydrogen (secondary N) is 1. The minimum Gasteiger partial charge on any atom is -0.450 e. The van der Waals surface area contributed by atoms with Gasteiger partial charge in [0.15, 0.2) is 0 Å². The second-order valence-electron chi connectivity index (χ2n) is 12.0. The van der Waals surface area contributed by atoms with Crippen LogP contribution in [-0.2, 0) is 27.7 Å². The van der Waals surface area contributed by atoms with Crippen molar-refractivity contribution in [3.63, 3.8) is 0 Å². The van der Waals surface area contributed by atoms with Crippen molar-refractivity contribution < 1.29 is 27.5 Å². The number of rotatable bonds is 14. The van der Waals surface area contributed by atoms with E-state index in [-0.39, 0.29) is 34.8 Å². The fraction of sp³-hybridized carbons (Fsp3) is 0.594. The first kappa shape index (κ1) is 35.5. The molecule has 0 radical (unpaired) electrons. The minimum absolute atomic E-state index is 0.131. The summed E-state index contributed by atoms with van der Waals surface area (Å²) in [5.74, 6) is -0.250. The maximum Gasteiger partial charge on any atom is 0.410 e. The normalized spacial score (nSPS) is 13.4. The monoisotopic (exact) mass is 648 g/mol. The molecule has 44 heavy (non-hydrogen) atoms. The average molecular weight is 649 g/mol. The number of hydrogen-bond donors (Lipinski definition) is 1. The van der Waals surface area contributed by atoms with Crippen molar-refractivity contribution in [2.75, 3.05) is 44.6 Å². The number of fused-ring (bicyclic) bond motifs is 1. The summed E-state index contributed by atoms with van der Waals surface area (Å²) >= 11 is 1.30. The molecule has 0 fully saturated rings. The van der Waals surface area contributed by atoms with Crippen LogP contribution < -0.4 is 5.32 Å². The number of hydrogen-bond acceptors (Lipinski definition) is 7. The Morgan fingerprint density at radius 3 is 2.09 bits per heavy atom. The molecule has 2 heterocycles. The Morgan fingerprint density at radius 1 is 0.977 bits per heavy atom. The summed E-state index contributed by atoms with van der Waals surface area (Å²) in [5.41, 5.74) is 1.60. The van der Waals surface area contributed by atoms with Crippen LogP contribution in [0.3, 0.4) is 0 Å². The molecule has 1 aromatic heterocycles. The Bertz CT molecular complexity index is 1390. The quantitative estimate of drug-likeness (QED) is 0.266. The lowest BCUT2D eigenvalue weighted by Gasteiger charge is -2.27. The molecule has 1 aromatic carbocycles. The van der Waals surface area contributed by atoms with Crippen LogP contribution >= 0.6 is 11.3 Å². The Balaban J connectivity index is 1.93. The fourth-order valence-corrected chi connectivity index (χ4v) is 8.31. The van der Waals surface area contributed by atoms with E-state index in [2.05, 4.69) is 5.32 Å². The van der Waals surface area contributed by atoms with Gasteiger partial charge in [-0.1, -0.05) is 41.5 Å². The third kappa shape index (κ3) is 8.60. The van der Waals surface area contributed by atoms with Gasteiger partial charge in [0.05, 0.1) is 23.6 Å². The minimum atomic E-state index is -3.74. The molecule has 244 valence electrons. The molecular weight excluding hydrogens is 601 g/mol. The van der Waals surface area contributed by atoms with Gasteiger partial charge in [-0.25, -0.2) is 13.2 Å². The molecule has 3 amide bonds. The van der Waals surface area contributed by atoms with Gasteiger partial charge >= 0.3 is 6.09 Å². The van der Waals surface area contributed by atoms with Crippen LogP contribution in [0.4, 0.5) is 9.80 Å². The van der Waals surface area contributed by atoms with E-state index in [1.165, 1.54) is 39.9 Å². The Kier molecular flexibility index (Phi) is 12.8. The summed E-state index contributed by atoms with van der Waals surface area (Å²) < 4.78 is 33.6. The van der Waals surface area contributed by atoms with Crippen molar-refractivity contribution in [2.45, 2.75) is 79.2 Å². The average Bonchev–Trinajstić information content (AvgIpc) is 3.32. The fourth-order valence-electron chi connectivity index (χ4n) is 5.29. The molecule has 1 N–H and O–H groups in total. The van der Waals surface area contributed by atoms with Crippen molar-refractivity contribution in [2.24, 2.45) is 11.8 Å². The first-order valence-electron chi connectivity index (χ1n) is 15.6. The number of amides is 3. The van der Waals surface area contributed by atoms with Crippen LogP contribution in [-0.4, -0.2) is 79.8 Å². The first-order valence-corrected chi connectivity index (χ1v) is 17.9. The molecule has 2 aromatic rings. The molecular formula is C32H48N4O6S2. The summed E-state index contributed by atoms with van der Waals surface area (Å²) in [5, 5.41) is 3.38. The van der Waals surface area contributed by atoms with E-state index in [4.69, 9.17) is 4.74 Å². The Labute approximate surface area is 266 Å². The predicted molar refractivity (Wildman–Crippen MR) is 175 cm³/mol. The maximum atomic E-state index is 13.9. The van der Waals surface area contributed by atoms with Gasteiger partial charge in [0.1, 0.15) is 5.00 Å². The van der Waals surface area contributed by atoms with Gasteiger partial charge in [-0.2, -0.15) is 4.31 Å². The lowest BCUT2D eigenvalue weighted by molar-refractivity contribution is 0.0755. The number of carbonyl (C=O) groups is 3. The number of nitrogens with zero attached hydrogens (tertiary/aromatic N) is 3. The molecule has 10 nitrogen and oxygen atoms in total.